The van der Waals surface area contributed by atoms with Crippen LogP contribution in [0.1, 0.15) is 20.7 Å². The van der Waals surface area contributed by atoms with Gasteiger partial charge in [0.1, 0.15) is 11.6 Å². The highest BCUT2D eigenvalue weighted by Gasteiger charge is 2.12. The summed E-state index contributed by atoms with van der Waals surface area (Å²) in [6, 6.07) is 11.9. The van der Waals surface area contributed by atoms with E-state index in [4.69, 9.17) is 17.0 Å². The Bertz CT molecular complexity index is 765. The molecule has 3 N–H and O–H groups in total. The highest BCUT2D eigenvalue weighted by atomic mass is 32.1. The number of methoxy groups -OCH3 is 1. The van der Waals surface area contributed by atoms with Gasteiger partial charge in [-0.1, -0.05) is 12.1 Å². The third-order valence-electron chi connectivity index (χ3n) is 2.99. The van der Waals surface area contributed by atoms with Crippen molar-refractivity contribution in [3.05, 3.63) is 65.5 Å². The smallest absolute Gasteiger partial charge is 0.269 e. The zero-order chi connectivity index (χ0) is 17.5. The standard InChI is InChI=1S/C16H14FN3O3S/c1-23-11-8-6-10(7-9-11)14(21)19-20-16(24)18-15(22)12-4-2-3-5-13(12)17/h2-9H,1H3,(H,19,21)(H2,18,20,22,24). The first kappa shape index (κ1) is 17.4. The van der Waals surface area contributed by atoms with Crippen molar-refractivity contribution in [3.8, 4) is 5.75 Å². The van der Waals surface area contributed by atoms with Crippen molar-refractivity contribution >= 4 is 29.1 Å². The Kier molecular flexibility index (Phi) is 5.80. The summed E-state index contributed by atoms with van der Waals surface area (Å²) in [6.07, 6.45) is 0. The van der Waals surface area contributed by atoms with E-state index in [2.05, 4.69) is 16.2 Å². The van der Waals surface area contributed by atoms with Crippen LogP contribution in [0.25, 0.3) is 0 Å². The number of carbonyl (C=O) groups excluding carboxylic acids is 2. The van der Waals surface area contributed by atoms with E-state index in [0.717, 1.165) is 6.07 Å². The molecular formula is C16H14FN3O3S. The minimum Gasteiger partial charge on any atom is -0.497 e. The fraction of sp³-hybridized carbons (Fsp3) is 0.0625. The summed E-state index contributed by atoms with van der Waals surface area (Å²) in [5.74, 6) is -1.23. The van der Waals surface area contributed by atoms with Crippen molar-refractivity contribution in [1.29, 1.82) is 0 Å². The van der Waals surface area contributed by atoms with Gasteiger partial charge in [0.25, 0.3) is 11.8 Å². The van der Waals surface area contributed by atoms with Gasteiger partial charge in [0.2, 0.25) is 0 Å². The predicted octanol–water partition coefficient (Wildman–Crippen LogP) is 1.78. The lowest BCUT2D eigenvalue weighted by Gasteiger charge is -2.11. The van der Waals surface area contributed by atoms with E-state index in [1.165, 1.54) is 25.3 Å². The molecule has 0 bridgehead atoms. The molecule has 0 heterocycles. The van der Waals surface area contributed by atoms with Crippen LogP contribution in [-0.2, 0) is 0 Å². The second kappa shape index (κ2) is 8.02. The first-order valence-electron chi connectivity index (χ1n) is 6.81. The van der Waals surface area contributed by atoms with Gasteiger partial charge in [-0.25, -0.2) is 4.39 Å². The minimum atomic E-state index is -0.718. The van der Waals surface area contributed by atoms with Gasteiger partial charge in [0, 0.05) is 5.56 Å². The number of carbonyl (C=O) groups is 2. The van der Waals surface area contributed by atoms with Crippen LogP contribution in [-0.4, -0.2) is 24.0 Å². The first-order valence-corrected chi connectivity index (χ1v) is 7.22. The van der Waals surface area contributed by atoms with Gasteiger partial charge in [0.15, 0.2) is 5.11 Å². The number of thiocarbonyl (C=S) groups is 1. The average Bonchev–Trinajstić information content (AvgIpc) is 2.60. The Labute approximate surface area is 143 Å². The normalized spacial score (nSPS) is 9.75. The molecule has 2 rings (SSSR count). The molecule has 0 aliphatic carbocycles. The lowest BCUT2D eigenvalue weighted by molar-refractivity contribution is 0.0933. The maximum atomic E-state index is 13.5. The lowest BCUT2D eigenvalue weighted by Crippen LogP contribution is -2.48. The van der Waals surface area contributed by atoms with E-state index < -0.39 is 17.6 Å². The second-order valence-corrected chi connectivity index (χ2v) is 4.98. The van der Waals surface area contributed by atoms with Crippen LogP contribution in [0.3, 0.4) is 0 Å². The van der Waals surface area contributed by atoms with Gasteiger partial charge in [-0.15, -0.1) is 0 Å². The Morgan fingerprint density at radius 2 is 1.67 bits per heavy atom. The molecule has 2 amide bonds. The molecule has 124 valence electrons. The van der Waals surface area contributed by atoms with Crippen molar-refractivity contribution in [3.63, 3.8) is 0 Å². The third-order valence-corrected chi connectivity index (χ3v) is 3.19. The summed E-state index contributed by atoms with van der Waals surface area (Å²) in [5.41, 5.74) is 4.92. The highest BCUT2D eigenvalue weighted by molar-refractivity contribution is 7.80. The number of amides is 2. The number of benzene rings is 2. The predicted molar refractivity (Wildman–Crippen MR) is 90.1 cm³/mol. The molecule has 24 heavy (non-hydrogen) atoms. The fourth-order valence-corrected chi connectivity index (χ4v) is 1.92. The third kappa shape index (κ3) is 4.50. The summed E-state index contributed by atoms with van der Waals surface area (Å²) >= 11 is 4.88. The van der Waals surface area contributed by atoms with E-state index in [1.54, 1.807) is 24.3 Å². The van der Waals surface area contributed by atoms with Gasteiger partial charge in [-0.3, -0.25) is 25.8 Å². The first-order chi connectivity index (χ1) is 11.5. The molecule has 0 aromatic heterocycles. The quantitative estimate of drug-likeness (QED) is 0.583. The number of hydrogen-bond donors (Lipinski definition) is 3. The summed E-state index contributed by atoms with van der Waals surface area (Å²) in [7, 11) is 1.52. The number of halogens is 1. The molecule has 2 aromatic carbocycles. The monoisotopic (exact) mass is 347 g/mol. The molecular weight excluding hydrogens is 333 g/mol. The van der Waals surface area contributed by atoms with Crippen LogP contribution in [0.15, 0.2) is 48.5 Å². The van der Waals surface area contributed by atoms with E-state index in [0.29, 0.717) is 11.3 Å². The topological polar surface area (TPSA) is 79.5 Å². The molecule has 0 spiro atoms. The van der Waals surface area contributed by atoms with Crippen LogP contribution < -0.4 is 20.9 Å². The number of ether oxygens (including phenoxy) is 1. The lowest BCUT2D eigenvalue weighted by atomic mass is 10.2. The van der Waals surface area contributed by atoms with Crippen LogP contribution >= 0.6 is 12.2 Å². The molecule has 0 atom stereocenters. The molecule has 2 aromatic rings. The van der Waals surface area contributed by atoms with Crippen molar-refractivity contribution in [1.82, 2.24) is 16.2 Å². The van der Waals surface area contributed by atoms with Gasteiger partial charge in [0.05, 0.1) is 12.7 Å². The van der Waals surface area contributed by atoms with Crippen molar-refractivity contribution in [2.45, 2.75) is 0 Å². The summed E-state index contributed by atoms with van der Waals surface area (Å²) in [6.45, 7) is 0. The van der Waals surface area contributed by atoms with Crippen LogP contribution in [0.5, 0.6) is 5.75 Å². The summed E-state index contributed by atoms with van der Waals surface area (Å²) in [5, 5.41) is 2.11. The SMILES string of the molecule is COc1ccc(C(=O)NNC(=S)NC(=O)c2ccccc2F)cc1. The Morgan fingerprint density at radius 1 is 1.00 bits per heavy atom. The highest BCUT2D eigenvalue weighted by Crippen LogP contribution is 2.10. The molecule has 6 nitrogen and oxygen atoms in total. The maximum Gasteiger partial charge on any atom is 0.269 e. The van der Waals surface area contributed by atoms with Gasteiger partial charge in [-0.05, 0) is 48.6 Å². The zero-order valence-electron chi connectivity index (χ0n) is 12.6. The van der Waals surface area contributed by atoms with Gasteiger partial charge in [-0.2, -0.15) is 0 Å². The van der Waals surface area contributed by atoms with E-state index >= 15 is 0 Å². The van der Waals surface area contributed by atoms with Gasteiger partial charge < -0.3 is 4.74 Å². The van der Waals surface area contributed by atoms with Crippen molar-refractivity contribution in [2.24, 2.45) is 0 Å². The maximum absolute atomic E-state index is 13.5. The van der Waals surface area contributed by atoms with Crippen molar-refractivity contribution < 1.29 is 18.7 Å². The zero-order valence-corrected chi connectivity index (χ0v) is 13.4. The molecule has 0 aliphatic heterocycles. The molecule has 8 heteroatoms. The Hall–Kier alpha value is -3.00. The van der Waals surface area contributed by atoms with Crippen LogP contribution in [0, 0.1) is 5.82 Å². The fourth-order valence-electron chi connectivity index (χ4n) is 1.78. The Balaban J connectivity index is 1.87. The number of hydrogen-bond acceptors (Lipinski definition) is 4. The molecule has 0 fully saturated rings. The van der Waals surface area contributed by atoms with E-state index in [-0.39, 0.29) is 10.7 Å². The summed E-state index contributed by atoms with van der Waals surface area (Å²) < 4.78 is 18.5. The molecule has 0 aliphatic rings. The molecule has 0 radical (unpaired) electrons. The van der Waals surface area contributed by atoms with Crippen LogP contribution in [0.2, 0.25) is 0 Å². The Morgan fingerprint density at radius 3 is 2.29 bits per heavy atom. The summed E-state index contributed by atoms with van der Waals surface area (Å²) in [4.78, 5) is 23.8. The minimum absolute atomic E-state index is 0.150. The molecule has 0 saturated carbocycles. The molecule has 0 unspecified atom stereocenters. The number of hydrazine groups is 1. The van der Waals surface area contributed by atoms with E-state index in [9.17, 15) is 14.0 Å². The number of nitrogens with one attached hydrogen (secondary N) is 3. The number of rotatable bonds is 3. The largest absolute Gasteiger partial charge is 0.497 e. The van der Waals surface area contributed by atoms with Crippen LogP contribution in [0.4, 0.5) is 4.39 Å². The second-order valence-electron chi connectivity index (χ2n) is 4.57. The average molecular weight is 347 g/mol. The molecule has 0 saturated heterocycles. The van der Waals surface area contributed by atoms with E-state index in [1.807, 2.05) is 0 Å². The van der Waals surface area contributed by atoms with Gasteiger partial charge >= 0.3 is 0 Å². The van der Waals surface area contributed by atoms with Crippen molar-refractivity contribution in [2.75, 3.05) is 7.11 Å².